The van der Waals surface area contributed by atoms with Crippen molar-refractivity contribution in [3.8, 4) is 5.69 Å². The monoisotopic (exact) mass is 308 g/mol. The van der Waals surface area contributed by atoms with E-state index in [0.717, 1.165) is 15.5 Å². The Bertz CT molecular complexity index is 695. The molecule has 0 radical (unpaired) electrons. The zero-order chi connectivity index (χ0) is 11.8. The smallest absolute Gasteiger partial charge is 0.224 e. The molecule has 6 heteroatoms. The molecule has 17 heavy (non-hydrogen) atoms. The van der Waals surface area contributed by atoms with Crippen molar-refractivity contribution < 1.29 is 0 Å². The first-order valence-corrected chi connectivity index (χ1v) is 6.04. The Hall–Kier alpha value is -1.46. The molecule has 3 aromatic rings. The van der Waals surface area contributed by atoms with Crippen molar-refractivity contribution in [1.82, 2.24) is 19.7 Å². The van der Waals surface area contributed by atoms with Crippen molar-refractivity contribution in [3.63, 3.8) is 0 Å². The lowest BCUT2D eigenvalue weighted by Crippen LogP contribution is -1.98. The van der Waals surface area contributed by atoms with E-state index in [9.17, 15) is 0 Å². The van der Waals surface area contributed by atoms with Crippen LogP contribution in [-0.2, 0) is 0 Å². The van der Waals surface area contributed by atoms with E-state index >= 15 is 0 Å². The van der Waals surface area contributed by atoms with Crippen molar-refractivity contribution in [2.75, 3.05) is 0 Å². The van der Waals surface area contributed by atoms with Gasteiger partial charge in [-0.2, -0.15) is 10.1 Å². The summed E-state index contributed by atoms with van der Waals surface area (Å²) >= 11 is 9.28. The Morgan fingerprint density at radius 1 is 1.18 bits per heavy atom. The molecular weight excluding hydrogens is 304 g/mol. The number of rotatable bonds is 1. The number of nitrogens with zero attached hydrogens (tertiary/aromatic N) is 4. The highest BCUT2D eigenvalue weighted by molar-refractivity contribution is 9.10. The third-order valence-corrected chi connectivity index (χ3v) is 3.21. The SMILES string of the molecule is Clc1ncc2cnn(-c3ccccc3Br)c2n1. The number of benzene rings is 1. The number of hydrogen-bond donors (Lipinski definition) is 0. The first-order valence-electron chi connectivity index (χ1n) is 4.87. The van der Waals surface area contributed by atoms with Crippen LogP contribution >= 0.6 is 27.5 Å². The van der Waals surface area contributed by atoms with Crippen molar-refractivity contribution >= 4 is 38.6 Å². The summed E-state index contributed by atoms with van der Waals surface area (Å²) in [5, 5.41) is 5.36. The molecule has 0 N–H and O–H groups in total. The number of para-hydroxylation sites is 1. The minimum Gasteiger partial charge on any atom is -0.226 e. The predicted molar refractivity (Wildman–Crippen MR) is 69.4 cm³/mol. The molecule has 0 fully saturated rings. The van der Waals surface area contributed by atoms with Gasteiger partial charge in [0.25, 0.3) is 0 Å². The van der Waals surface area contributed by atoms with Crippen molar-refractivity contribution in [2.24, 2.45) is 0 Å². The highest BCUT2D eigenvalue weighted by Gasteiger charge is 2.09. The lowest BCUT2D eigenvalue weighted by atomic mass is 10.3. The standard InChI is InChI=1S/C11H6BrClN4/c12-8-3-1-2-4-9(8)17-10-7(6-15-17)5-14-11(13)16-10/h1-6H. The summed E-state index contributed by atoms with van der Waals surface area (Å²) in [4.78, 5) is 8.11. The summed E-state index contributed by atoms with van der Waals surface area (Å²) in [7, 11) is 0. The molecule has 0 amide bonds. The van der Waals surface area contributed by atoms with Gasteiger partial charge in [0, 0.05) is 10.7 Å². The molecule has 2 heterocycles. The molecule has 4 nitrogen and oxygen atoms in total. The first kappa shape index (κ1) is 10.7. The van der Waals surface area contributed by atoms with E-state index in [1.165, 1.54) is 0 Å². The molecule has 0 aliphatic rings. The summed E-state index contributed by atoms with van der Waals surface area (Å²) < 4.78 is 2.67. The highest BCUT2D eigenvalue weighted by atomic mass is 79.9. The maximum absolute atomic E-state index is 5.80. The molecule has 0 unspecified atom stereocenters. The van der Waals surface area contributed by atoms with Crippen molar-refractivity contribution in [1.29, 1.82) is 0 Å². The number of fused-ring (bicyclic) bond motifs is 1. The van der Waals surface area contributed by atoms with Crippen LogP contribution in [0.15, 0.2) is 41.1 Å². The van der Waals surface area contributed by atoms with Crippen LogP contribution in [0.25, 0.3) is 16.7 Å². The van der Waals surface area contributed by atoms with Crippen molar-refractivity contribution in [2.45, 2.75) is 0 Å². The second-order valence-corrected chi connectivity index (χ2v) is 4.62. The minimum absolute atomic E-state index is 0.214. The third-order valence-electron chi connectivity index (χ3n) is 2.36. The molecule has 0 saturated carbocycles. The quantitative estimate of drug-likeness (QED) is 0.648. The zero-order valence-electron chi connectivity index (χ0n) is 8.51. The van der Waals surface area contributed by atoms with Crippen LogP contribution in [0.2, 0.25) is 5.28 Å². The maximum Gasteiger partial charge on any atom is 0.224 e. The van der Waals surface area contributed by atoms with E-state index in [1.54, 1.807) is 17.1 Å². The Balaban J connectivity index is 2.31. The molecule has 2 aromatic heterocycles. The topological polar surface area (TPSA) is 43.6 Å². The number of halogens is 2. The van der Waals surface area contributed by atoms with E-state index in [2.05, 4.69) is 31.0 Å². The normalized spacial score (nSPS) is 10.9. The molecule has 0 aliphatic carbocycles. The second-order valence-electron chi connectivity index (χ2n) is 3.43. The molecule has 3 rings (SSSR count). The molecule has 1 aromatic carbocycles. The fourth-order valence-corrected chi connectivity index (χ4v) is 2.18. The highest BCUT2D eigenvalue weighted by Crippen LogP contribution is 2.23. The van der Waals surface area contributed by atoms with E-state index < -0.39 is 0 Å². The van der Waals surface area contributed by atoms with Crippen LogP contribution in [0.5, 0.6) is 0 Å². The lowest BCUT2D eigenvalue weighted by molar-refractivity contribution is 0.891. The van der Waals surface area contributed by atoms with Gasteiger partial charge in [0.15, 0.2) is 5.65 Å². The summed E-state index contributed by atoms with van der Waals surface area (Å²) in [6.07, 6.45) is 3.37. The lowest BCUT2D eigenvalue weighted by Gasteiger charge is -2.04. The van der Waals surface area contributed by atoms with Crippen LogP contribution < -0.4 is 0 Å². The Morgan fingerprint density at radius 2 is 2.00 bits per heavy atom. The molecule has 84 valence electrons. The molecule has 0 spiro atoms. The van der Waals surface area contributed by atoms with Gasteiger partial charge in [-0.25, -0.2) is 9.67 Å². The Morgan fingerprint density at radius 3 is 2.82 bits per heavy atom. The largest absolute Gasteiger partial charge is 0.226 e. The Kier molecular flexibility index (Phi) is 2.57. The van der Waals surface area contributed by atoms with Gasteiger partial charge >= 0.3 is 0 Å². The van der Waals surface area contributed by atoms with Gasteiger partial charge in [0.1, 0.15) is 0 Å². The maximum atomic E-state index is 5.80. The summed E-state index contributed by atoms with van der Waals surface area (Å²) in [5.74, 6) is 0. The predicted octanol–water partition coefficient (Wildman–Crippen LogP) is 3.23. The third kappa shape index (κ3) is 1.81. The molecule has 0 aliphatic heterocycles. The average Bonchev–Trinajstić information content (AvgIpc) is 2.72. The van der Waals surface area contributed by atoms with Gasteiger partial charge < -0.3 is 0 Å². The number of aromatic nitrogens is 4. The van der Waals surface area contributed by atoms with Gasteiger partial charge in [-0.3, -0.25) is 0 Å². The van der Waals surface area contributed by atoms with Gasteiger partial charge in [-0.05, 0) is 39.7 Å². The number of hydrogen-bond acceptors (Lipinski definition) is 3. The van der Waals surface area contributed by atoms with Crippen LogP contribution in [0.1, 0.15) is 0 Å². The minimum atomic E-state index is 0.214. The first-order chi connectivity index (χ1) is 8.25. The second kappa shape index (κ2) is 4.09. The summed E-state index contributed by atoms with van der Waals surface area (Å²) in [5.41, 5.74) is 1.61. The van der Waals surface area contributed by atoms with Crippen LogP contribution in [0, 0.1) is 0 Å². The van der Waals surface area contributed by atoms with Crippen LogP contribution in [0.3, 0.4) is 0 Å². The van der Waals surface area contributed by atoms with E-state index in [1.807, 2.05) is 24.3 Å². The molecule has 0 bridgehead atoms. The van der Waals surface area contributed by atoms with Gasteiger partial charge in [0.2, 0.25) is 5.28 Å². The summed E-state index contributed by atoms with van der Waals surface area (Å²) in [6.45, 7) is 0. The van der Waals surface area contributed by atoms with Gasteiger partial charge in [-0.15, -0.1) is 0 Å². The van der Waals surface area contributed by atoms with E-state index in [4.69, 9.17) is 11.6 Å². The zero-order valence-corrected chi connectivity index (χ0v) is 10.9. The van der Waals surface area contributed by atoms with Crippen molar-refractivity contribution in [3.05, 3.63) is 46.4 Å². The van der Waals surface area contributed by atoms with E-state index in [-0.39, 0.29) is 5.28 Å². The fourth-order valence-electron chi connectivity index (χ4n) is 1.60. The van der Waals surface area contributed by atoms with Gasteiger partial charge in [0.05, 0.1) is 17.3 Å². The molecule has 0 atom stereocenters. The average molecular weight is 310 g/mol. The van der Waals surface area contributed by atoms with Crippen LogP contribution in [0.4, 0.5) is 0 Å². The van der Waals surface area contributed by atoms with E-state index in [0.29, 0.717) is 5.65 Å². The Labute approximate surface area is 110 Å². The molecule has 0 saturated heterocycles. The van der Waals surface area contributed by atoms with Gasteiger partial charge in [-0.1, -0.05) is 12.1 Å². The summed E-state index contributed by atoms with van der Waals surface area (Å²) in [6, 6.07) is 7.79. The molecular formula is C11H6BrClN4. The fraction of sp³-hybridized carbons (Fsp3) is 0. The van der Waals surface area contributed by atoms with Crippen LogP contribution in [-0.4, -0.2) is 19.7 Å².